The fourth-order valence-electron chi connectivity index (χ4n) is 2.27. The fourth-order valence-corrected chi connectivity index (χ4v) is 2.27. The van der Waals surface area contributed by atoms with Crippen LogP contribution in [0.15, 0.2) is 42.7 Å². The standard InChI is InChI=1S/C16H23N3O/c1-13(17)16(15-11-18-19(2)12-15)20-10-6-9-14-7-4-3-5-8-14/h3-5,7-8,11-13,16H,6,9-10,17H2,1-2H3. The normalized spacial score (nSPS) is 14.2. The zero-order valence-corrected chi connectivity index (χ0v) is 12.2. The minimum absolute atomic E-state index is 0.0454. The Kier molecular flexibility index (Phi) is 5.32. The predicted octanol–water partition coefficient (Wildman–Crippen LogP) is 2.46. The highest BCUT2D eigenvalue weighted by atomic mass is 16.5. The van der Waals surface area contributed by atoms with Crippen molar-refractivity contribution in [2.75, 3.05) is 6.61 Å². The van der Waals surface area contributed by atoms with Crippen LogP contribution in [0.4, 0.5) is 0 Å². The Morgan fingerprint density at radius 1 is 1.30 bits per heavy atom. The lowest BCUT2D eigenvalue weighted by Gasteiger charge is -2.20. The first-order valence-corrected chi connectivity index (χ1v) is 7.06. The van der Waals surface area contributed by atoms with Gasteiger partial charge in [0.2, 0.25) is 0 Å². The van der Waals surface area contributed by atoms with Crippen LogP contribution in [0.25, 0.3) is 0 Å². The molecule has 4 heteroatoms. The number of nitrogens with two attached hydrogens (primary N) is 1. The van der Waals surface area contributed by atoms with E-state index < -0.39 is 0 Å². The molecule has 4 nitrogen and oxygen atoms in total. The van der Waals surface area contributed by atoms with Gasteiger partial charge in [0.1, 0.15) is 6.10 Å². The van der Waals surface area contributed by atoms with E-state index in [4.69, 9.17) is 10.5 Å². The molecule has 2 unspecified atom stereocenters. The summed E-state index contributed by atoms with van der Waals surface area (Å²) >= 11 is 0. The number of ether oxygens (including phenoxy) is 1. The molecule has 0 aliphatic carbocycles. The minimum Gasteiger partial charge on any atom is -0.372 e. The number of rotatable bonds is 7. The summed E-state index contributed by atoms with van der Waals surface area (Å²) < 4.78 is 7.72. The molecule has 0 aliphatic rings. The van der Waals surface area contributed by atoms with Crippen LogP contribution in [0.3, 0.4) is 0 Å². The maximum absolute atomic E-state index is 6.01. The highest BCUT2D eigenvalue weighted by molar-refractivity contribution is 5.14. The van der Waals surface area contributed by atoms with Crippen LogP contribution >= 0.6 is 0 Å². The first-order valence-electron chi connectivity index (χ1n) is 7.06. The van der Waals surface area contributed by atoms with Gasteiger partial charge in [-0.2, -0.15) is 5.10 Å². The third-order valence-corrected chi connectivity index (χ3v) is 3.28. The first kappa shape index (κ1) is 14.8. The van der Waals surface area contributed by atoms with Crippen molar-refractivity contribution in [2.45, 2.75) is 31.9 Å². The lowest BCUT2D eigenvalue weighted by atomic mass is 10.1. The van der Waals surface area contributed by atoms with Gasteiger partial charge in [-0.1, -0.05) is 30.3 Å². The number of hydrogen-bond acceptors (Lipinski definition) is 3. The molecule has 1 aromatic heterocycles. The molecule has 2 rings (SSSR count). The smallest absolute Gasteiger partial charge is 0.100 e. The maximum atomic E-state index is 6.01. The van der Waals surface area contributed by atoms with Crippen molar-refractivity contribution >= 4 is 0 Å². The molecular formula is C16H23N3O. The lowest BCUT2D eigenvalue weighted by molar-refractivity contribution is 0.0369. The second-order valence-electron chi connectivity index (χ2n) is 5.19. The van der Waals surface area contributed by atoms with E-state index in [1.165, 1.54) is 5.56 Å². The van der Waals surface area contributed by atoms with E-state index in [1.807, 2.05) is 32.4 Å². The highest BCUT2D eigenvalue weighted by Gasteiger charge is 2.18. The van der Waals surface area contributed by atoms with Gasteiger partial charge in [-0.15, -0.1) is 0 Å². The van der Waals surface area contributed by atoms with Crippen molar-refractivity contribution in [3.63, 3.8) is 0 Å². The number of benzene rings is 1. The van der Waals surface area contributed by atoms with Gasteiger partial charge in [0.15, 0.2) is 0 Å². The topological polar surface area (TPSA) is 53.1 Å². The van der Waals surface area contributed by atoms with Crippen LogP contribution in [0.1, 0.15) is 30.6 Å². The summed E-state index contributed by atoms with van der Waals surface area (Å²) in [4.78, 5) is 0. The molecule has 2 N–H and O–H groups in total. The van der Waals surface area contributed by atoms with Crippen LogP contribution in [-0.4, -0.2) is 22.4 Å². The summed E-state index contributed by atoms with van der Waals surface area (Å²) in [5.41, 5.74) is 8.40. The van der Waals surface area contributed by atoms with Crippen LogP contribution in [-0.2, 0) is 18.2 Å². The van der Waals surface area contributed by atoms with Gasteiger partial charge in [-0.05, 0) is 25.3 Å². The second-order valence-corrected chi connectivity index (χ2v) is 5.19. The average molecular weight is 273 g/mol. The predicted molar refractivity (Wildman–Crippen MR) is 80.3 cm³/mol. The number of hydrogen-bond donors (Lipinski definition) is 1. The van der Waals surface area contributed by atoms with Crippen molar-refractivity contribution in [1.29, 1.82) is 0 Å². The minimum atomic E-state index is -0.0838. The van der Waals surface area contributed by atoms with Gasteiger partial charge in [-0.25, -0.2) is 0 Å². The molecule has 20 heavy (non-hydrogen) atoms. The number of nitrogens with zero attached hydrogens (tertiary/aromatic N) is 2. The average Bonchev–Trinajstić information content (AvgIpc) is 2.85. The monoisotopic (exact) mass is 273 g/mol. The first-order chi connectivity index (χ1) is 9.66. The third-order valence-electron chi connectivity index (χ3n) is 3.28. The zero-order valence-electron chi connectivity index (χ0n) is 12.2. The molecule has 1 aromatic carbocycles. The molecule has 0 bridgehead atoms. The van der Waals surface area contributed by atoms with Gasteiger partial charge >= 0.3 is 0 Å². The number of aromatic nitrogens is 2. The Balaban J connectivity index is 1.81. The van der Waals surface area contributed by atoms with Crippen LogP contribution in [0.2, 0.25) is 0 Å². The Hall–Kier alpha value is -1.65. The SMILES string of the molecule is CC(N)C(OCCCc1ccccc1)c1cnn(C)c1. The molecule has 1 heterocycles. The van der Waals surface area contributed by atoms with Gasteiger partial charge in [0, 0.05) is 31.5 Å². The van der Waals surface area contributed by atoms with Crippen molar-refractivity contribution in [1.82, 2.24) is 9.78 Å². The van der Waals surface area contributed by atoms with Crippen molar-refractivity contribution in [3.8, 4) is 0 Å². The van der Waals surface area contributed by atoms with E-state index in [9.17, 15) is 0 Å². The van der Waals surface area contributed by atoms with Crippen molar-refractivity contribution in [2.24, 2.45) is 12.8 Å². The molecule has 0 amide bonds. The molecule has 108 valence electrons. The molecule has 0 aliphatic heterocycles. The van der Waals surface area contributed by atoms with Crippen molar-refractivity contribution in [3.05, 3.63) is 53.9 Å². The second kappa shape index (κ2) is 7.22. The fraction of sp³-hybridized carbons (Fsp3) is 0.438. The summed E-state index contributed by atoms with van der Waals surface area (Å²) in [6, 6.07) is 10.4. The van der Waals surface area contributed by atoms with E-state index in [0.717, 1.165) is 18.4 Å². The van der Waals surface area contributed by atoms with Crippen molar-refractivity contribution < 1.29 is 4.74 Å². The molecule has 0 spiro atoms. The zero-order chi connectivity index (χ0) is 14.4. The maximum Gasteiger partial charge on any atom is 0.100 e. The van der Waals surface area contributed by atoms with E-state index >= 15 is 0 Å². The van der Waals surface area contributed by atoms with Crippen LogP contribution in [0, 0.1) is 0 Å². The Morgan fingerprint density at radius 3 is 2.65 bits per heavy atom. The molecule has 2 aromatic rings. The summed E-state index contributed by atoms with van der Waals surface area (Å²) in [7, 11) is 1.90. The summed E-state index contributed by atoms with van der Waals surface area (Å²) in [6.45, 7) is 2.67. The largest absolute Gasteiger partial charge is 0.372 e. The van der Waals surface area contributed by atoms with E-state index in [0.29, 0.717) is 6.61 Å². The van der Waals surface area contributed by atoms with E-state index in [-0.39, 0.29) is 12.1 Å². The molecule has 0 saturated carbocycles. The van der Waals surface area contributed by atoms with Gasteiger partial charge < -0.3 is 10.5 Å². The third kappa shape index (κ3) is 4.18. The van der Waals surface area contributed by atoms with Gasteiger partial charge in [0.05, 0.1) is 6.20 Å². The highest BCUT2D eigenvalue weighted by Crippen LogP contribution is 2.20. The molecule has 0 saturated heterocycles. The molecule has 0 radical (unpaired) electrons. The van der Waals surface area contributed by atoms with Crippen LogP contribution in [0.5, 0.6) is 0 Å². The summed E-state index contributed by atoms with van der Waals surface area (Å²) in [5, 5.41) is 4.18. The molecule has 2 atom stereocenters. The van der Waals surface area contributed by atoms with Crippen LogP contribution < -0.4 is 5.73 Å². The van der Waals surface area contributed by atoms with Gasteiger partial charge in [-0.3, -0.25) is 4.68 Å². The summed E-state index contributed by atoms with van der Waals surface area (Å²) in [6.07, 6.45) is 5.73. The van der Waals surface area contributed by atoms with E-state index in [2.05, 4.69) is 29.4 Å². The Labute approximate surface area is 120 Å². The van der Waals surface area contributed by atoms with Gasteiger partial charge in [0.25, 0.3) is 0 Å². The lowest BCUT2D eigenvalue weighted by Crippen LogP contribution is -2.27. The van der Waals surface area contributed by atoms with E-state index in [1.54, 1.807) is 4.68 Å². The Bertz CT molecular complexity index is 507. The number of aryl methyl sites for hydroxylation is 2. The quantitative estimate of drug-likeness (QED) is 0.788. The summed E-state index contributed by atoms with van der Waals surface area (Å²) in [5.74, 6) is 0. The molecular weight excluding hydrogens is 250 g/mol. The Morgan fingerprint density at radius 2 is 2.05 bits per heavy atom. The molecule has 0 fully saturated rings.